The quantitative estimate of drug-likeness (QED) is 0.463. The summed E-state index contributed by atoms with van der Waals surface area (Å²) in [5, 5.41) is 9.19. The summed E-state index contributed by atoms with van der Waals surface area (Å²) in [5.41, 5.74) is 5.92. The molecule has 0 aromatic heterocycles. The van der Waals surface area contributed by atoms with Crippen LogP contribution in [0.15, 0.2) is 0 Å². The highest BCUT2D eigenvalue weighted by Gasteiger charge is 2.20. The van der Waals surface area contributed by atoms with Crippen LogP contribution in [0, 0.1) is 5.92 Å². The minimum absolute atomic E-state index is 0.0700. The molecule has 2 atom stereocenters. The Balaban J connectivity index is 3.41. The van der Waals surface area contributed by atoms with Crippen molar-refractivity contribution in [3.63, 3.8) is 0 Å². The van der Waals surface area contributed by atoms with Crippen molar-refractivity contribution in [3.05, 3.63) is 0 Å². The fourth-order valence-corrected chi connectivity index (χ4v) is 1.44. The van der Waals surface area contributed by atoms with Crippen LogP contribution in [0.4, 0.5) is 0 Å². The van der Waals surface area contributed by atoms with Crippen LogP contribution in [-0.2, 0) is 18.9 Å². The summed E-state index contributed by atoms with van der Waals surface area (Å²) in [4.78, 5) is 0. The van der Waals surface area contributed by atoms with E-state index in [0.29, 0.717) is 39.6 Å². The molecule has 19 heavy (non-hydrogen) atoms. The highest BCUT2D eigenvalue weighted by Crippen LogP contribution is 2.06. The van der Waals surface area contributed by atoms with E-state index >= 15 is 0 Å². The summed E-state index contributed by atoms with van der Waals surface area (Å²) in [5.74, 6) is 0.271. The normalized spacial score (nSPS) is 14.8. The lowest BCUT2D eigenvalue weighted by atomic mass is 10.0. The number of aliphatic hydroxyl groups excluding tert-OH is 1. The van der Waals surface area contributed by atoms with E-state index in [-0.39, 0.29) is 24.7 Å². The Morgan fingerprint density at radius 3 is 1.95 bits per heavy atom. The van der Waals surface area contributed by atoms with Gasteiger partial charge in [0.2, 0.25) is 0 Å². The molecular weight excluding hydrogens is 250 g/mol. The maximum atomic E-state index is 9.19. The first-order valence-corrected chi connectivity index (χ1v) is 6.76. The monoisotopic (exact) mass is 279 g/mol. The standard InChI is InChI=1S/C13H29NO5/c1-11(2)13(14)12(10-15)19-9-8-18-7-6-17-5-4-16-3/h11-13,15H,4-10,14H2,1-3H3. The molecule has 0 radical (unpaired) electrons. The van der Waals surface area contributed by atoms with E-state index in [2.05, 4.69) is 0 Å². The smallest absolute Gasteiger partial charge is 0.0959 e. The van der Waals surface area contributed by atoms with Gasteiger partial charge in [0.15, 0.2) is 0 Å². The lowest BCUT2D eigenvalue weighted by Crippen LogP contribution is -2.43. The molecule has 0 aliphatic carbocycles. The number of rotatable bonds is 13. The summed E-state index contributed by atoms with van der Waals surface area (Å²) in [6, 6.07) is -0.164. The van der Waals surface area contributed by atoms with Crippen LogP contribution in [0.25, 0.3) is 0 Å². The minimum atomic E-state index is -0.332. The van der Waals surface area contributed by atoms with Crippen LogP contribution in [0.2, 0.25) is 0 Å². The minimum Gasteiger partial charge on any atom is -0.394 e. The van der Waals surface area contributed by atoms with Crippen molar-refractivity contribution in [2.75, 3.05) is 53.4 Å². The van der Waals surface area contributed by atoms with E-state index in [9.17, 15) is 5.11 Å². The van der Waals surface area contributed by atoms with Crippen LogP contribution < -0.4 is 5.73 Å². The summed E-state index contributed by atoms with van der Waals surface area (Å²) in [7, 11) is 1.64. The van der Waals surface area contributed by atoms with Crippen LogP contribution in [0.3, 0.4) is 0 Å². The molecule has 0 aromatic rings. The third-order valence-corrected chi connectivity index (χ3v) is 2.74. The molecule has 0 spiro atoms. The third kappa shape index (κ3) is 10.2. The molecule has 0 fully saturated rings. The number of ether oxygens (including phenoxy) is 4. The molecule has 0 rings (SSSR count). The van der Waals surface area contributed by atoms with Crippen molar-refractivity contribution in [3.8, 4) is 0 Å². The van der Waals surface area contributed by atoms with Gasteiger partial charge in [-0.05, 0) is 5.92 Å². The van der Waals surface area contributed by atoms with Crippen molar-refractivity contribution in [1.82, 2.24) is 0 Å². The Bertz CT molecular complexity index is 192. The zero-order valence-electron chi connectivity index (χ0n) is 12.3. The van der Waals surface area contributed by atoms with Gasteiger partial charge in [0, 0.05) is 13.2 Å². The van der Waals surface area contributed by atoms with Gasteiger partial charge in [-0.25, -0.2) is 0 Å². The molecule has 6 nitrogen and oxygen atoms in total. The zero-order valence-corrected chi connectivity index (χ0v) is 12.3. The highest BCUT2D eigenvalue weighted by atomic mass is 16.6. The lowest BCUT2D eigenvalue weighted by Gasteiger charge is -2.25. The largest absolute Gasteiger partial charge is 0.394 e. The summed E-state index contributed by atoms with van der Waals surface area (Å²) in [6.07, 6.45) is -0.332. The van der Waals surface area contributed by atoms with E-state index in [0.717, 1.165) is 0 Å². The average Bonchev–Trinajstić information content (AvgIpc) is 2.40. The van der Waals surface area contributed by atoms with Gasteiger partial charge in [-0.2, -0.15) is 0 Å². The summed E-state index contributed by atoms with van der Waals surface area (Å²) in [6.45, 7) is 7.05. The Kier molecular flexibility index (Phi) is 12.6. The highest BCUT2D eigenvalue weighted by molar-refractivity contribution is 4.75. The van der Waals surface area contributed by atoms with E-state index in [1.54, 1.807) is 7.11 Å². The summed E-state index contributed by atoms with van der Waals surface area (Å²) >= 11 is 0. The first-order valence-electron chi connectivity index (χ1n) is 6.76. The molecule has 6 heteroatoms. The topological polar surface area (TPSA) is 83.2 Å². The van der Waals surface area contributed by atoms with Gasteiger partial charge in [0.05, 0.1) is 52.4 Å². The number of hydrogen-bond acceptors (Lipinski definition) is 6. The fraction of sp³-hybridized carbons (Fsp3) is 1.00. The van der Waals surface area contributed by atoms with E-state index in [1.165, 1.54) is 0 Å². The Morgan fingerprint density at radius 1 is 0.947 bits per heavy atom. The average molecular weight is 279 g/mol. The van der Waals surface area contributed by atoms with Crippen LogP contribution in [0.5, 0.6) is 0 Å². The van der Waals surface area contributed by atoms with Gasteiger partial charge in [-0.15, -0.1) is 0 Å². The van der Waals surface area contributed by atoms with Gasteiger partial charge < -0.3 is 29.8 Å². The number of hydrogen-bond donors (Lipinski definition) is 2. The maximum Gasteiger partial charge on any atom is 0.0959 e. The molecule has 0 bridgehead atoms. The van der Waals surface area contributed by atoms with Gasteiger partial charge in [0.1, 0.15) is 0 Å². The van der Waals surface area contributed by atoms with Gasteiger partial charge in [0.25, 0.3) is 0 Å². The first kappa shape index (κ1) is 18.8. The molecule has 0 aliphatic heterocycles. The third-order valence-electron chi connectivity index (χ3n) is 2.74. The second-order valence-electron chi connectivity index (χ2n) is 4.63. The number of aliphatic hydroxyl groups is 1. The first-order chi connectivity index (χ1) is 9.13. The molecule has 0 aromatic carbocycles. The Hall–Kier alpha value is -0.240. The second kappa shape index (κ2) is 12.8. The second-order valence-corrected chi connectivity index (χ2v) is 4.63. The molecule has 116 valence electrons. The van der Waals surface area contributed by atoms with E-state index in [1.807, 2.05) is 13.8 Å². The molecule has 0 aliphatic rings. The predicted octanol–water partition coefficient (Wildman–Crippen LogP) is 0.0268. The fourth-order valence-electron chi connectivity index (χ4n) is 1.44. The van der Waals surface area contributed by atoms with Crippen molar-refractivity contribution in [2.24, 2.45) is 11.7 Å². The molecular formula is C13H29NO5. The summed E-state index contributed by atoms with van der Waals surface area (Å²) < 4.78 is 20.9. The number of nitrogens with two attached hydrogens (primary N) is 1. The molecule has 0 saturated heterocycles. The SMILES string of the molecule is COCCOCCOCCOC(CO)C(N)C(C)C. The van der Waals surface area contributed by atoms with Crippen LogP contribution >= 0.6 is 0 Å². The molecule has 3 N–H and O–H groups in total. The van der Waals surface area contributed by atoms with Gasteiger partial charge in [-0.1, -0.05) is 13.8 Å². The van der Waals surface area contributed by atoms with Gasteiger partial charge in [-0.3, -0.25) is 0 Å². The Morgan fingerprint density at radius 2 is 1.47 bits per heavy atom. The van der Waals surface area contributed by atoms with Crippen molar-refractivity contribution in [2.45, 2.75) is 26.0 Å². The number of methoxy groups -OCH3 is 1. The molecule has 2 unspecified atom stereocenters. The molecule has 0 saturated carbocycles. The molecule has 0 heterocycles. The van der Waals surface area contributed by atoms with E-state index < -0.39 is 0 Å². The lowest BCUT2D eigenvalue weighted by molar-refractivity contribution is -0.0444. The zero-order chi connectivity index (χ0) is 14.5. The van der Waals surface area contributed by atoms with Crippen molar-refractivity contribution in [1.29, 1.82) is 0 Å². The van der Waals surface area contributed by atoms with Gasteiger partial charge >= 0.3 is 0 Å². The van der Waals surface area contributed by atoms with E-state index in [4.69, 9.17) is 24.7 Å². The molecule has 0 amide bonds. The Labute approximate surface area is 116 Å². The van der Waals surface area contributed by atoms with Crippen LogP contribution in [-0.4, -0.2) is 70.6 Å². The van der Waals surface area contributed by atoms with Crippen LogP contribution in [0.1, 0.15) is 13.8 Å². The van der Waals surface area contributed by atoms with Crippen molar-refractivity contribution < 1.29 is 24.1 Å². The maximum absolute atomic E-state index is 9.19. The van der Waals surface area contributed by atoms with Crippen molar-refractivity contribution >= 4 is 0 Å². The predicted molar refractivity (Wildman–Crippen MR) is 73.2 cm³/mol.